The zero-order valence-corrected chi connectivity index (χ0v) is 12.0. The Labute approximate surface area is 119 Å². The second-order valence-corrected chi connectivity index (χ2v) is 6.74. The van der Waals surface area contributed by atoms with Gasteiger partial charge in [-0.15, -0.1) is 0 Å². The van der Waals surface area contributed by atoms with Crippen molar-refractivity contribution in [3.05, 3.63) is 29.8 Å². The molecular weight excluding hydrogens is 276 g/mol. The number of hydrogen-bond acceptors (Lipinski definition) is 4. The first-order valence-corrected chi connectivity index (χ1v) is 8.17. The minimum Gasteiger partial charge on any atom is -0.396 e. The van der Waals surface area contributed by atoms with E-state index in [1.54, 1.807) is 12.1 Å². The molecule has 0 atom stereocenters. The molecule has 108 valence electrons. The fourth-order valence-corrected chi connectivity index (χ4v) is 4.18. The van der Waals surface area contributed by atoms with E-state index in [0.29, 0.717) is 13.0 Å². The Hall–Kier alpha value is -1.42. The quantitative estimate of drug-likeness (QED) is 0.861. The fourth-order valence-electron chi connectivity index (χ4n) is 2.31. The Balaban J connectivity index is 2.37. The lowest BCUT2D eigenvalue weighted by Gasteiger charge is -2.36. The zero-order valence-electron chi connectivity index (χ0n) is 11.2. The smallest absolute Gasteiger partial charge is 0.244 e. The van der Waals surface area contributed by atoms with Crippen molar-refractivity contribution in [2.24, 2.45) is 0 Å². The summed E-state index contributed by atoms with van der Waals surface area (Å²) in [5, 5.41) is 18.0. The van der Waals surface area contributed by atoms with E-state index in [1.165, 1.54) is 16.4 Å². The molecule has 0 bridgehead atoms. The van der Waals surface area contributed by atoms with E-state index in [4.69, 9.17) is 10.4 Å². The third-order valence-corrected chi connectivity index (χ3v) is 5.62. The van der Waals surface area contributed by atoms with Crippen molar-refractivity contribution in [2.75, 3.05) is 13.2 Å². The van der Waals surface area contributed by atoms with Crippen molar-refractivity contribution in [3.63, 3.8) is 0 Å². The molecule has 1 aromatic rings. The molecule has 1 aliphatic rings. The van der Waals surface area contributed by atoms with Crippen LogP contribution < -0.4 is 0 Å². The van der Waals surface area contributed by atoms with Gasteiger partial charge in [0.1, 0.15) is 6.07 Å². The highest BCUT2D eigenvalue weighted by Crippen LogP contribution is 2.31. The molecule has 0 saturated heterocycles. The molecule has 5 nitrogen and oxygen atoms in total. The van der Waals surface area contributed by atoms with Crippen molar-refractivity contribution in [2.45, 2.75) is 36.6 Å². The van der Waals surface area contributed by atoms with Crippen LogP contribution in [0, 0.1) is 11.3 Å². The van der Waals surface area contributed by atoms with E-state index in [-0.39, 0.29) is 23.1 Å². The predicted molar refractivity (Wildman–Crippen MR) is 74.4 cm³/mol. The van der Waals surface area contributed by atoms with Crippen LogP contribution in [-0.2, 0) is 10.0 Å². The molecule has 1 fully saturated rings. The van der Waals surface area contributed by atoms with Gasteiger partial charge in [0.15, 0.2) is 0 Å². The van der Waals surface area contributed by atoms with Crippen LogP contribution in [0.5, 0.6) is 0 Å². The third-order valence-electron chi connectivity index (χ3n) is 3.61. The van der Waals surface area contributed by atoms with Gasteiger partial charge in [-0.1, -0.05) is 18.6 Å². The number of aliphatic hydroxyl groups is 1. The second-order valence-electron chi connectivity index (χ2n) is 4.89. The normalized spacial score (nSPS) is 15.8. The Bertz CT molecular complexity index is 603. The van der Waals surface area contributed by atoms with E-state index < -0.39 is 10.0 Å². The summed E-state index contributed by atoms with van der Waals surface area (Å²) in [6.45, 7) is 0.252. The molecule has 0 unspecified atom stereocenters. The average Bonchev–Trinajstić information content (AvgIpc) is 2.41. The van der Waals surface area contributed by atoms with Gasteiger partial charge in [0, 0.05) is 19.2 Å². The van der Waals surface area contributed by atoms with E-state index in [9.17, 15) is 8.42 Å². The van der Waals surface area contributed by atoms with Gasteiger partial charge in [-0.25, -0.2) is 8.42 Å². The molecule has 6 heteroatoms. The summed E-state index contributed by atoms with van der Waals surface area (Å²) in [6.07, 6.45) is 3.12. The third kappa shape index (κ3) is 2.85. The van der Waals surface area contributed by atoms with Crippen LogP contribution in [0.4, 0.5) is 0 Å². The number of nitriles is 1. The van der Waals surface area contributed by atoms with Gasteiger partial charge in [0.25, 0.3) is 0 Å². The van der Waals surface area contributed by atoms with Crippen LogP contribution >= 0.6 is 0 Å². The second kappa shape index (κ2) is 6.35. The zero-order chi connectivity index (χ0) is 14.6. The molecule has 1 saturated carbocycles. The van der Waals surface area contributed by atoms with Crippen LogP contribution in [0.3, 0.4) is 0 Å². The highest BCUT2D eigenvalue weighted by molar-refractivity contribution is 7.89. The topological polar surface area (TPSA) is 81.4 Å². The molecule has 0 aliphatic heterocycles. The van der Waals surface area contributed by atoms with Crippen molar-refractivity contribution < 1.29 is 13.5 Å². The largest absolute Gasteiger partial charge is 0.396 e. The average molecular weight is 294 g/mol. The predicted octanol–water partition coefficient (Wildman–Crippen LogP) is 1.48. The Morgan fingerprint density at radius 1 is 1.35 bits per heavy atom. The number of rotatable bonds is 6. The molecule has 1 aliphatic carbocycles. The standard InChI is InChI=1S/C14H18N2O3S/c15-11-12-5-1-2-8-14(12)20(18,19)16(9-4-10-17)13-6-3-7-13/h1-2,5,8,13,17H,3-4,6-7,9-10H2. The molecule has 20 heavy (non-hydrogen) atoms. The highest BCUT2D eigenvalue weighted by Gasteiger charge is 2.35. The van der Waals surface area contributed by atoms with E-state index in [0.717, 1.165) is 19.3 Å². The summed E-state index contributed by atoms with van der Waals surface area (Å²) in [6, 6.07) is 8.19. The van der Waals surface area contributed by atoms with Crippen LogP contribution in [0.15, 0.2) is 29.2 Å². The van der Waals surface area contributed by atoms with E-state index >= 15 is 0 Å². The van der Waals surface area contributed by atoms with Crippen LogP contribution in [0.25, 0.3) is 0 Å². The Kier molecular flexibility index (Phi) is 4.76. The van der Waals surface area contributed by atoms with Crippen LogP contribution in [-0.4, -0.2) is 37.0 Å². The maximum absolute atomic E-state index is 12.7. The van der Waals surface area contributed by atoms with Gasteiger partial charge in [-0.3, -0.25) is 0 Å². The lowest BCUT2D eigenvalue weighted by molar-refractivity contribution is 0.198. The summed E-state index contributed by atoms with van der Waals surface area (Å²) in [5.74, 6) is 0. The lowest BCUT2D eigenvalue weighted by atomic mass is 9.93. The lowest BCUT2D eigenvalue weighted by Crippen LogP contribution is -2.45. The Morgan fingerprint density at radius 2 is 2.05 bits per heavy atom. The minimum atomic E-state index is -3.68. The number of sulfonamides is 1. The van der Waals surface area contributed by atoms with Gasteiger partial charge in [0.05, 0.1) is 10.5 Å². The Morgan fingerprint density at radius 3 is 2.60 bits per heavy atom. The van der Waals surface area contributed by atoms with Crippen molar-refractivity contribution >= 4 is 10.0 Å². The number of hydrogen-bond donors (Lipinski definition) is 1. The maximum Gasteiger partial charge on any atom is 0.244 e. The fraction of sp³-hybridized carbons (Fsp3) is 0.500. The van der Waals surface area contributed by atoms with Crippen LogP contribution in [0.1, 0.15) is 31.2 Å². The summed E-state index contributed by atoms with van der Waals surface area (Å²) in [7, 11) is -3.68. The highest BCUT2D eigenvalue weighted by atomic mass is 32.2. The van der Waals surface area contributed by atoms with Gasteiger partial charge in [0.2, 0.25) is 10.0 Å². The van der Waals surface area contributed by atoms with Gasteiger partial charge in [-0.2, -0.15) is 9.57 Å². The first-order chi connectivity index (χ1) is 9.61. The van der Waals surface area contributed by atoms with Crippen molar-refractivity contribution in [1.82, 2.24) is 4.31 Å². The summed E-state index contributed by atoms with van der Waals surface area (Å²) >= 11 is 0. The summed E-state index contributed by atoms with van der Waals surface area (Å²) < 4.78 is 26.9. The molecular formula is C14H18N2O3S. The molecule has 1 aromatic carbocycles. The van der Waals surface area contributed by atoms with Gasteiger partial charge < -0.3 is 5.11 Å². The molecule has 2 rings (SSSR count). The molecule has 0 radical (unpaired) electrons. The van der Waals surface area contributed by atoms with E-state index in [2.05, 4.69) is 0 Å². The molecule has 0 aromatic heterocycles. The monoisotopic (exact) mass is 294 g/mol. The van der Waals surface area contributed by atoms with Gasteiger partial charge >= 0.3 is 0 Å². The van der Waals surface area contributed by atoms with Crippen LogP contribution in [0.2, 0.25) is 0 Å². The number of nitrogens with zero attached hydrogens (tertiary/aromatic N) is 2. The molecule has 0 amide bonds. The number of aliphatic hydroxyl groups excluding tert-OH is 1. The molecule has 0 spiro atoms. The SMILES string of the molecule is N#Cc1ccccc1S(=O)(=O)N(CCCO)C1CCC1. The van der Waals surface area contributed by atoms with Gasteiger partial charge in [-0.05, 0) is 31.4 Å². The summed E-state index contributed by atoms with van der Waals surface area (Å²) in [4.78, 5) is 0.0624. The van der Waals surface area contributed by atoms with Crippen molar-refractivity contribution in [3.8, 4) is 6.07 Å². The first-order valence-electron chi connectivity index (χ1n) is 6.73. The first kappa shape index (κ1) is 15.0. The molecule has 0 heterocycles. The van der Waals surface area contributed by atoms with Crippen molar-refractivity contribution in [1.29, 1.82) is 5.26 Å². The van der Waals surface area contributed by atoms with E-state index in [1.807, 2.05) is 6.07 Å². The maximum atomic E-state index is 12.7. The number of benzene rings is 1. The summed E-state index contributed by atoms with van der Waals surface area (Å²) in [5.41, 5.74) is 0.167. The molecule has 1 N–H and O–H groups in total. The minimum absolute atomic E-state index is 0.00158.